The molecule has 0 spiro atoms. The zero-order valence-electron chi connectivity index (χ0n) is 15.3. The van der Waals surface area contributed by atoms with Crippen LogP contribution in [0.15, 0.2) is 36.4 Å². The summed E-state index contributed by atoms with van der Waals surface area (Å²) >= 11 is 0. The highest BCUT2D eigenvalue weighted by molar-refractivity contribution is 5.81. The van der Waals surface area contributed by atoms with Crippen molar-refractivity contribution in [2.45, 2.75) is 44.8 Å². The molecule has 2 aliphatic rings. The predicted octanol–water partition coefficient (Wildman–Crippen LogP) is 3.71. The lowest BCUT2D eigenvalue weighted by Gasteiger charge is -2.23. The van der Waals surface area contributed by atoms with Crippen molar-refractivity contribution < 1.29 is 33.0 Å². The molecule has 2 atom stereocenters. The monoisotopic (exact) mass is 390 g/mol. The van der Waals surface area contributed by atoms with Gasteiger partial charge in [-0.1, -0.05) is 0 Å². The number of halogens is 2. The van der Waals surface area contributed by atoms with Crippen LogP contribution in [0.4, 0.5) is 8.78 Å². The molecular weight excluding hydrogens is 370 g/mol. The summed E-state index contributed by atoms with van der Waals surface area (Å²) in [5.74, 6) is -0.405. The minimum Gasteiger partial charge on any atom is -0.482 e. The zero-order valence-corrected chi connectivity index (χ0v) is 15.3. The molecule has 7 heteroatoms. The van der Waals surface area contributed by atoms with Crippen LogP contribution in [-0.4, -0.2) is 29.1 Å². The molecule has 0 saturated carbocycles. The number of ketones is 1. The first-order valence-corrected chi connectivity index (χ1v) is 8.97. The van der Waals surface area contributed by atoms with Gasteiger partial charge in [-0.15, -0.1) is 0 Å². The summed E-state index contributed by atoms with van der Waals surface area (Å²) in [5, 5.41) is 8.72. The SMILES string of the molecule is CC(=O)[C@H]1CCc2cc(F)ccc2O1.O=C(O)[C@@H]1CCc2cc(F)ccc2O1. The van der Waals surface area contributed by atoms with Gasteiger partial charge >= 0.3 is 5.97 Å². The molecule has 28 heavy (non-hydrogen) atoms. The Balaban J connectivity index is 0.000000161. The fourth-order valence-electron chi connectivity index (χ4n) is 3.17. The van der Waals surface area contributed by atoms with Gasteiger partial charge in [0.2, 0.25) is 0 Å². The Hall–Kier alpha value is -2.96. The number of benzene rings is 2. The fourth-order valence-corrected chi connectivity index (χ4v) is 3.17. The molecule has 0 unspecified atom stereocenters. The van der Waals surface area contributed by atoms with Crippen LogP contribution in [-0.2, 0) is 22.4 Å². The third-order valence-electron chi connectivity index (χ3n) is 4.66. The first-order chi connectivity index (χ1) is 13.3. The zero-order chi connectivity index (χ0) is 20.3. The maximum absolute atomic E-state index is 12.8. The minimum atomic E-state index is -0.972. The highest BCUT2D eigenvalue weighted by atomic mass is 19.1. The van der Waals surface area contributed by atoms with E-state index in [1.165, 1.54) is 37.3 Å². The second-order valence-corrected chi connectivity index (χ2v) is 6.74. The topological polar surface area (TPSA) is 72.8 Å². The van der Waals surface area contributed by atoms with Crippen LogP contribution < -0.4 is 9.47 Å². The number of hydrogen-bond donors (Lipinski definition) is 1. The lowest BCUT2D eigenvalue weighted by Crippen LogP contribution is -2.30. The van der Waals surface area contributed by atoms with Crippen molar-refractivity contribution in [3.8, 4) is 11.5 Å². The maximum Gasteiger partial charge on any atom is 0.344 e. The summed E-state index contributed by atoms with van der Waals surface area (Å²) in [5.41, 5.74) is 1.59. The molecule has 148 valence electrons. The number of carbonyl (C=O) groups is 2. The van der Waals surface area contributed by atoms with Gasteiger partial charge in [0.1, 0.15) is 23.1 Å². The molecule has 5 nitrogen and oxygen atoms in total. The Kier molecular flexibility index (Phi) is 5.92. The summed E-state index contributed by atoms with van der Waals surface area (Å²) in [4.78, 5) is 21.7. The van der Waals surface area contributed by atoms with E-state index in [0.29, 0.717) is 37.2 Å². The van der Waals surface area contributed by atoms with Crippen molar-refractivity contribution in [3.05, 3.63) is 59.2 Å². The van der Waals surface area contributed by atoms with Gasteiger partial charge in [0.05, 0.1) is 0 Å². The van der Waals surface area contributed by atoms with Crippen LogP contribution in [0.2, 0.25) is 0 Å². The van der Waals surface area contributed by atoms with Gasteiger partial charge in [0, 0.05) is 0 Å². The normalized spacial score (nSPS) is 19.7. The van der Waals surface area contributed by atoms with E-state index >= 15 is 0 Å². The number of carboxylic acids is 1. The molecule has 0 amide bonds. The number of carbonyl (C=O) groups excluding carboxylic acids is 1. The largest absolute Gasteiger partial charge is 0.482 e. The van der Waals surface area contributed by atoms with Crippen molar-refractivity contribution in [2.24, 2.45) is 0 Å². The van der Waals surface area contributed by atoms with Crippen molar-refractivity contribution in [2.75, 3.05) is 0 Å². The number of hydrogen-bond acceptors (Lipinski definition) is 4. The first kappa shape index (κ1) is 19.8. The molecule has 0 aromatic heterocycles. The quantitative estimate of drug-likeness (QED) is 0.846. The highest BCUT2D eigenvalue weighted by Crippen LogP contribution is 2.29. The summed E-state index contributed by atoms with van der Waals surface area (Å²) < 4.78 is 36.2. The van der Waals surface area contributed by atoms with Gasteiger partial charge < -0.3 is 14.6 Å². The molecule has 0 radical (unpaired) electrons. The van der Waals surface area contributed by atoms with Crippen LogP contribution in [0.3, 0.4) is 0 Å². The minimum absolute atomic E-state index is 0.0278. The molecule has 2 aromatic carbocycles. The average molecular weight is 390 g/mol. The number of aryl methyl sites for hydroxylation is 2. The van der Waals surface area contributed by atoms with E-state index in [-0.39, 0.29) is 23.5 Å². The molecule has 0 aliphatic carbocycles. The summed E-state index contributed by atoms with van der Waals surface area (Å²) in [6.45, 7) is 1.51. The molecule has 0 bridgehead atoms. The molecule has 1 N–H and O–H groups in total. The van der Waals surface area contributed by atoms with Crippen molar-refractivity contribution >= 4 is 11.8 Å². The number of rotatable bonds is 2. The van der Waals surface area contributed by atoms with Crippen LogP contribution in [0, 0.1) is 11.6 Å². The highest BCUT2D eigenvalue weighted by Gasteiger charge is 2.25. The lowest BCUT2D eigenvalue weighted by atomic mass is 10.0. The van der Waals surface area contributed by atoms with E-state index in [1.54, 1.807) is 6.07 Å². The third kappa shape index (κ3) is 4.65. The van der Waals surface area contributed by atoms with E-state index in [2.05, 4.69) is 0 Å². The number of ether oxygens (including phenoxy) is 2. The van der Waals surface area contributed by atoms with E-state index in [1.807, 2.05) is 0 Å². The fraction of sp³-hybridized carbons (Fsp3) is 0.333. The standard InChI is InChI=1S/C11H11FO2.C10H9FO3/c1-7(13)10-4-2-8-6-9(12)3-5-11(8)14-10;11-7-2-4-8-6(5-7)1-3-9(14-8)10(12)13/h3,5-6,10H,2,4H2,1H3;2,4-5,9H,1,3H2,(H,12,13)/t10-;9-/m10/s1. The third-order valence-corrected chi connectivity index (χ3v) is 4.66. The number of Topliss-reactive ketones (excluding diaryl/α,β-unsaturated/α-hetero) is 1. The van der Waals surface area contributed by atoms with E-state index in [9.17, 15) is 18.4 Å². The molecule has 4 rings (SSSR count). The predicted molar refractivity (Wildman–Crippen MR) is 96.6 cm³/mol. The Labute approximate surface area is 160 Å². The van der Waals surface area contributed by atoms with Crippen molar-refractivity contribution in [1.82, 2.24) is 0 Å². The van der Waals surface area contributed by atoms with Crippen LogP contribution >= 0.6 is 0 Å². The smallest absolute Gasteiger partial charge is 0.344 e. The Morgan fingerprint density at radius 3 is 1.82 bits per heavy atom. The Bertz CT molecular complexity index is 823. The number of aliphatic carboxylic acids is 1. The molecule has 0 fully saturated rings. The second kappa shape index (κ2) is 8.37. The van der Waals surface area contributed by atoms with E-state index in [0.717, 1.165) is 11.1 Å². The first-order valence-electron chi connectivity index (χ1n) is 8.97. The molecule has 2 heterocycles. The van der Waals surface area contributed by atoms with Gasteiger partial charge in [-0.2, -0.15) is 0 Å². The number of carboxylic acid groups (broad SMARTS) is 1. The van der Waals surface area contributed by atoms with Gasteiger partial charge in [0.15, 0.2) is 18.0 Å². The van der Waals surface area contributed by atoms with Gasteiger partial charge in [-0.3, -0.25) is 4.79 Å². The van der Waals surface area contributed by atoms with Gasteiger partial charge in [0.25, 0.3) is 0 Å². The van der Waals surface area contributed by atoms with E-state index < -0.39 is 12.1 Å². The van der Waals surface area contributed by atoms with Gasteiger partial charge in [-0.25, -0.2) is 13.6 Å². The van der Waals surface area contributed by atoms with Crippen LogP contribution in [0.1, 0.15) is 30.9 Å². The molecule has 2 aliphatic heterocycles. The molecule has 2 aromatic rings. The summed E-state index contributed by atoms with van der Waals surface area (Å²) in [6, 6.07) is 8.52. The van der Waals surface area contributed by atoms with Gasteiger partial charge in [-0.05, 0) is 80.1 Å². The van der Waals surface area contributed by atoms with Crippen LogP contribution in [0.5, 0.6) is 11.5 Å². The van der Waals surface area contributed by atoms with E-state index in [4.69, 9.17) is 14.6 Å². The summed E-state index contributed by atoms with van der Waals surface area (Å²) in [6.07, 6.45) is 1.14. The lowest BCUT2D eigenvalue weighted by molar-refractivity contribution is -0.145. The second-order valence-electron chi connectivity index (χ2n) is 6.74. The average Bonchev–Trinajstić information content (AvgIpc) is 2.67. The summed E-state index contributed by atoms with van der Waals surface area (Å²) in [7, 11) is 0. The molecular formula is C21H20F2O5. The maximum atomic E-state index is 12.8. The number of fused-ring (bicyclic) bond motifs is 2. The Morgan fingerprint density at radius 1 is 0.893 bits per heavy atom. The Morgan fingerprint density at radius 2 is 1.36 bits per heavy atom. The molecule has 0 saturated heterocycles. The van der Waals surface area contributed by atoms with Crippen LogP contribution in [0.25, 0.3) is 0 Å². The van der Waals surface area contributed by atoms with Crippen molar-refractivity contribution in [1.29, 1.82) is 0 Å². The van der Waals surface area contributed by atoms with Crippen molar-refractivity contribution in [3.63, 3.8) is 0 Å².